The quantitative estimate of drug-likeness (QED) is 0.856. The third-order valence-electron chi connectivity index (χ3n) is 2.78. The molecule has 1 aromatic heterocycles. The van der Waals surface area contributed by atoms with E-state index in [0.29, 0.717) is 17.0 Å². The minimum atomic E-state index is -0.339. The highest BCUT2D eigenvalue weighted by atomic mass is 79.9. The Labute approximate surface area is 102 Å². The number of hydrogen-bond acceptors (Lipinski definition) is 4. The van der Waals surface area contributed by atoms with Gasteiger partial charge in [-0.15, -0.1) is 0 Å². The topological polar surface area (TPSA) is 66.9 Å². The molecule has 86 valence electrons. The predicted molar refractivity (Wildman–Crippen MR) is 64.0 cm³/mol. The van der Waals surface area contributed by atoms with Crippen molar-refractivity contribution in [3.8, 4) is 0 Å². The minimum absolute atomic E-state index is 0.00544. The van der Waals surface area contributed by atoms with Gasteiger partial charge in [-0.3, -0.25) is 4.79 Å². The van der Waals surface area contributed by atoms with Gasteiger partial charge in [0.05, 0.1) is 17.8 Å². The van der Waals surface area contributed by atoms with E-state index in [1.54, 1.807) is 6.20 Å². The molecular weight excluding hydrogens is 272 g/mol. The number of anilines is 1. The molecule has 1 amide bonds. The molecule has 5 nitrogen and oxygen atoms in total. The lowest BCUT2D eigenvalue weighted by atomic mass is 9.89. The molecular formula is C10H13BrN4O. The fourth-order valence-electron chi connectivity index (χ4n) is 1.65. The summed E-state index contributed by atoms with van der Waals surface area (Å²) >= 11 is 3.19. The normalized spacial score (nSPS) is 24.4. The highest BCUT2D eigenvalue weighted by molar-refractivity contribution is 9.10. The molecule has 0 bridgehead atoms. The van der Waals surface area contributed by atoms with Gasteiger partial charge in [0.2, 0.25) is 5.91 Å². The Morgan fingerprint density at radius 2 is 2.38 bits per heavy atom. The monoisotopic (exact) mass is 284 g/mol. The molecule has 1 unspecified atom stereocenters. The fraction of sp³-hybridized carbons (Fsp3) is 0.500. The summed E-state index contributed by atoms with van der Waals surface area (Å²) in [5.74, 6) is 0.482. The number of rotatable bonds is 2. The second kappa shape index (κ2) is 4.47. The van der Waals surface area contributed by atoms with Crippen molar-refractivity contribution in [1.29, 1.82) is 0 Å². The molecule has 1 aromatic rings. The van der Waals surface area contributed by atoms with Crippen molar-refractivity contribution in [2.24, 2.45) is 5.41 Å². The first-order valence-corrected chi connectivity index (χ1v) is 5.89. The van der Waals surface area contributed by atoms with Crippen molar-refractivity contribution in [2.45, 2.75) is 13.3 Å². The van der Waals surface area contributed by atoms with Crippen LogP contribution < -0.4 is 10.6 Å². The molecule has 1 aliphatic rings. The molecule has 1 atom stereocenters. The number of nitrogens with zero attached hydrogens (tertiary/aromatic N) is 2. The van der Waals surface area contributed by atoms with Crippen LogP contribution in [0.25, 0.3) is 0 Å². The van der Waals surface area contributed by atoms with Gasteiger partial charge in [-0.1, -0.05) is 0 Å². The second-order valence-electron chi connectivity index (χ2n) is 4.17. The summed E-state index contributed by atoms with van der Waals surface area (Å²) in [4.78, 5) is 20.1. The summed E-state index contributed by atoms with van der Waals surface area (Å²) in [5.41, 5.74) is -0.339. The van der Waals surface area contributed by atoms with Gasteiger partial charge in [0.25, 0.3) is 0 Å². The maximum absolute atomic E-state index is 12.0. The zero-order valence-corrected chi connectivity index (χ0v) is 10.5. The Balaban J connectivity index is 2.04. The number of aromatic nitrogens is 2. The Bertz CT molecular complexity index is 386. The van der Waals surface area contributed by atoms with Gasteiger partial charge in [0.1, 0.15) is 4.60 Å². The van der Waals surface area contributed by atoms with Crippen molar-refractivity contribution in [2.75, 3.05) is 18.4 Å². The van der Waals surface area contributed by atoms with Crippen LogP contribution in [0.15, 0.2) is 17.0 Å². The fourth-order valence-corrected chi connectivity index (χ4v) is 1.86. The lowest BCUT2D eigenvalue weighted by molar-refractivity contribution is -0.123. The maximum Gasteiger partial charge on any atom is 0.232 e. The van der Waals surface area contributed by atoms with E-state index in [1.165, 1.54) is 6.20 Å². The Morgan fingerprint density at radius 3 is 2.94 bits per heavy atom. The first-order valence-electron chi connectivity index (χ1n) is 5.10. The van der Waals surface area contributed by atoms with Crippen LogP contribution >= 0.6 is 15.9 Å². The van der Waals surface area contributed by atoms with Crippen molar-refractivity contribution in [3.63, 3.8) is 0 Å². The molecule has 2 heterocycles. The molecule has 1 aliphatic heterocycles. The number of amides is 1. The maximum atomic E-state index is 12.0. The molecule has 6 heteroatoms. The van der Waals surface area contributed by atoms with E-state index in [9.17, 15) is 4.79 Å². The molecule has 0 radical (unpaired) electrons. The van der Waals surface area contributed by atoms with Crippen LogP contribution in [0, 0.1) is 5.41 Å². The first-order chi connectivity index (χ1) is 7.60. The molecule has 2 N–H and O–H groups in total. The summed E-state index contributed by atoms with van der Waals surface area (Å²) in [6.07, 6.45) is 3.95. The lowest BCUT2D eigenvalue weighted by Gasteiger charge is -2.20. The highest BCUT2D eigenvalue weighted by Crippen LogP contribution is 2.25. The third-order valence-corrected chi connectivity index (χ3v) is 3.19. The largest absolute Gasteiger partial charge is 0.316 e. The molecule has 1 fully saturated rings. The van der Waals surface area contributed by atoms with Gasteiger partial charge >= 0.3 is 0 Å². The van der Waals surface area contributed by atoms with E-state index in [1.807, 2.05) is 6.92 Å². The van der Waals surface area contributed by atoms with Crippen LogP contribution in [0.3, 0.4) is 0 Å². The van der Waals surface area contributed by atoms with Crippen molar-refractivity contribution in [1.82, 2.24) is 15.3 Å². The smallest absolute Gasteiger partial charge is 0.232 e. The number of halogens is 1. The van der Waals surface area contributed by atoms with Gasteiger partial charge in [0, 0.05) is 6.54 Å². The lowest BCUT2D eigenvalue weighted by Crippen LogP contribution is -2.35. The van der Waals surface area contributed by atoms with Gasteiger partial charge in [-0.05, 0) is 35.8 Å². The molecule has 2 rings (SSSR count). The predicted octanol–water partition coefficient (Wildman–Crippen LogP) is 1.18. The minimum Gasteiger partial charge on any atom is -0.316 e. The molecule has 0 aliphatic carbocycles. The molecule has 1 saturated heterocycles. The van der Waals surface area contributed by atoms with Crippen LogP contribution in [0.2, 0.25) is 0 Å². The number of carbonyl (C=O) groups excluding carboxylic acids is 1. The number of hydrogen-bond donors (Lipinski definition) is 2. The Hall–Kier alpha value is -1.01. The van der Waals surface area contributed by atoms with E-state index < -0.39 is 0 Å². The van der Waals surface area contributed by atoms with Crippen LogP contribution in [0.5, 0.6) is 0 Å². The molecule has 0 saturated carbocycles. The zero-order chi connectivity index (χ0) is 11.6. The molecule has 0 spiro atoms. The summed E-state index contributed by atoms with van der Waals surface area (Å²) in [6.45, 7) is 3.55. The van der Waals surface area contributed by atoms with E-state index in [2.05, 4.69) is 36.5 Å². The van der Waals surface area contributed by atoms with E-state index >= 15 is 0 Å². The highest BCUT2D eigenvalue weighted by Gasteiger charge is 2.36. The summed E-state index contributed by atoms with van der Waals surface area (Å²) < 4.78 is 0.652. The van der Waals surface area contributed by atoms with Crippen molar-refractivity contribution >= 4 is 27.7 Å². The Morgan fingerprint density at radius 1 is 1.56 bits per heavy atom. The van der Waals surface area contributed by atoms with Crippen LogP contribution in [-0.2, 0) is 4.79 Å². The summed E-state index contributed by atoms with van der Waals surface area (Å²) in [5, 5.41) is 5.96. The summed E-state index contributed by atoms with van der Waals surface area (Å²) in [7, 11) is 0. The number of carbonyl (C=O) groups is 1. The average Bonchev–Trinajstić information content (AvgIpc) is 2.70. The Kier molecular flexibility index (Phi) is 3.20. The van der Waals surface area contributed by atoms with Gasteiger partial charge in [-0.2, -0.15) is 0 Å². The van der Waals surface area contributed by atoms with E-state index in [-0.39, 0.29) is 11.3 Å². The number of nitrogens with one attached hydrogen (secondary N) is 2. The zero-order valence-electron chi connectivity index (χ0n) is 8.96. The van der Waals surface area contributed by atoms with Crippen LogP contribution in [0.4, 0.5) is 5.82 Å². The van der Waals surface area contributed by atoms with Crippen LogP contribution in [-0.4, -0.2) is 29.0 Å². The molecule has 0 aromatic carbocycles. The van der Waals surface area contributed by atoms with Gasteiger partial charge < -0.3 is 10.6 Å². The average molecular weight is 285 g/mol. The van der Waals surface area contributed by atoms with Crippen LogP contribution in [0.1, 0.15) is 13.3 Å². The van der Waals surface area contributed by atoms with Crippen molar-refractivity contribution in [3.05, 3.63) is 17.0 Å². The SMILES string of the molecule is CC1(C(=O)Nc2cnc(Br)cn2)CCNC1. The van der Waals surface area contributed by atoms with Crippen molar-refractivity contribution < 1.29 is 4.79 Å². The third kappa shape index (κ3) is 2.38. The second-order valence-corrected chi connectivity index (χ2v) is 4.98. The van der Waals surface area contributed by atoms with E-state index in [4.69, 9.17) is 0 Å². The van der Waals surface area contributed by atoms with Gasteiger partial charge in [0.15, 0.2) is 5.82 Å². The standard InChI is InChI=1S/C10H13BrN4O/c1-10(2-3-12-6-10)9(16)15-8-5-13-7(11)4-14-8/h4-5,12H,2-3,6H2,1H3,(H,14,15,16). The first kappa shape index (κ1) is 11.5. The van der Waals surface area contributed by atoms with E-state index in [0.717, 1.165) is 13.0 Å². The summed E-state index contributed by atoms with van der Waals surface area (Å²) in [6, 6.07) is 0. The molecule has 16 heavy (non-hydrogen) atoms. The van der Waals surface area contributed by atoms with Gasteiger partial charge in [-0.25, -0.2) is 9.97 Å².